The van der Waals surface area contributed by atoms with Gasteiger partial charge in [-0.3, -0.25) is 4.79 Å². The Morgan fingerprint density at radius 3 is 2.46 bits per heavy atom. The van der Waals surface area contributed by atoms with Gasteiger partial charge in [-0.05, 0) is 43.1 Å². The largest absolute Gasteiger partial charge is 0.467 e. The fourth-order valence-electron chi connectivity index (χ4n) is 5.64. The summed E-state index contributed by atoms with van der Waals surface area (Å²) in [5.41, 5.74) is 2.07. The summed E-state index contributed by atoms with van der Waals surface area (Å²) < 4.78 is 16.8. The number of amides is 1. The van der Waals surface area contributed by atoms with E-state index in [1.54, 1.807) is 14.2 Å². The van der Waals surface area contributed by atoms with E-state index in [-0.39, 0.29) is 24.2 Å². The highest BCUT2D eigenvalue weighted by Crippen LogP contribution is 2.33. The van der Waals surface area contributed by atoms with Crippen LogP contribution in [0.2, 0.25) is 0 Å². The lowest BCUT2D eigenvalue weighted by molar-refractivity contribution is -0.146. The van der Waals surface area contributed by atoms with E-state index in [1.807, 2.05) is 13.0 Å². The standard InChI is InChI=1S/C30H50N2O5/c1-9-20(2)22(4)27(35-6)18-21(3)32-17-13-16-26(32)28(36-7)23(5)29(33)31-25(30(34)37-8)19-24-14-11-10-12-15-24/h11,14-15,20,22-23,25-28H,3,9-10,12-13,16-19H2,1-2,4-8H3,(H,31,33)/t20-,22-,23+,25?,26-,27+,28+/m0/s1. The Hall–Kier alpha value is -2.12. The first-order valence-electron chi connectivity index (χ1n) is 13.9. The molecule has 1 unspecified atom stereocenters. The van der Waals surface area contributed by atoms with Crippen LogP contribution in [0.25, 0.3) is 0 Å². The maximum absolute atomic E-state index is 13.4. The summed E-state index contributed by atoms with van der Waals surface area (Å²) in [5, 5.41) is 2.94. The van der Waals surface area contributed by atoms with Crippen LogP contribution in [0.3, 0.4) is 0 Å². The van der Waals surface area contributed by atoms with Gasteiger partial charge >= 0.3 is 5.97 Å². The average Bonchev–Trinajstić information content (AvgIpc) is 3.40. The second-order valence-electron chi connectivity index (χ2n) is 10.7. The number of hydrogen-bond donors (Lipinski definition) is 1. The molecule has 0 aromatic carbocycles. The first kappa shape index (κ1) is 31.1. The molecule has 0 aromatic rings. The molecular formula is C30H50N2O5. The second kappa shape index (κ2) is 15.3. The Morgan fingerprint density at radius 1 is 1.16 bits per heavy atom. The van der Waals surface area contributed by atoms with Crippen molar-refractivity contribution < 1.29 is 23.8 Å². The highest BCUT2D eigenvalue weighted by molar-refractivity contribution is 5.86. The molecule has 210 valence electrons. The van der Waals surface area contributed by atoms with Gasteiger partial charge < -0.3 is 24.4 Å². The van der Waals surface area contributed by atoms with Crippen molar-refractivity contribution in [1.29, 1.82) is 0 Å². The van der Waals surface area contributed by atoms with Gasteiger partial charge in [-0.15, -0.1) is 0 Å². The molecule has 0 saturated carbocycles. The van der Waals surface area contributed by atoms with E-state index in [0.29, 0.717) is 18.3 Å². The first-order chi connectivity index (χ1) is 17.7. The number of rotatable bonds is 15. The molecule has 1 amide bonds. The summed E-state index contributed by atoms with van der Waals surface area (Å²) in [6.45, 7) is 13.9. The van der Waals surface area contributed by atoms with Crippen molar-refractivity contribution in [2.75, 3.05) is 27.9 Å². The molecule has 0 spiro atoms. The summed E-state index contributed by atoms with van der Waals surface area (Å²) in [7, 11) is 4.79. The van der Waals surface area contributed by atoms with Crippen LogP contribution >= 0.6 is 0 Å². The number of nitrogens with one attached hydrogen (secondary N) is 1. The van der Waals surface area contributed by atoms with Crippen LogP contribution < -0.4 is 5.32 Å². The number of hydrogen-bond acceptors (Lipinski definition) is 6. The van der Waals surface area contributed by atoms with E-state index in [9.17, 15) is 9.59 Å². The van der Waals surface area contributed by atoms with Crippen LogP contribution in [0.5, 0.6) is 0 Å². The molecule has 7 nitrogen and oxygen atoms in total. The fourth-order valence-corrected chi connectivity index (χ4v) is 5.64. The van der Waals surface area contributed by atoms with Crippen molar-refractivity contribution in [3.8, 4) is 0 Å². The lowest BCUT2D eigenvalue weighted by Gasteiger charge is -2.38. The Bertz CT molecular complexity index is 823. The fraction of sp³-hybridized carbons (Fsp3) is 0.733. The predicted octanol–water partition coefficient (Wildman–Crippen LogP) is 5.03. The lowest BCUT2D eigenvalue weighted by atomic mass is 9.86. The van der Waals surface area contributed by atoms with Crippen molar-refractivity contribution in [2.45, 2.75) is 96.9 Å². The van der Waals surface area contributed by atoms with Crippen molar-refractivity contribution in [2.24, 2.45) is 17.8 Å². The van der Waals surface area contributed by atoms with Crippen LogP contribution in [-0.4, -0.2) is 68.9 Å². The van der Waals surface area contributed by atoms with Gasteiger partial charge in [0.1, 0.15) is 6.04 Å². The van der Waals surface area contributed by atoms with Gasteiger partial charge in [0, 0.05) is 39.3 Å². The molecule has 37 heavy (non-hydrogen) atoms. The van der Waals surface area contributed by atoms with E-state index in [2.05, 4.69) is 49.7 Å². The maximum Gasteiger partial charge on any atom is 0.328 e. The third-order valence-corrected chi connectivity index (χ3v) is 8.44. The Kier molecular flexibility index (Phi) is 12.9. The number of nitrogens with zero attached hydrogens (tertiary/aromatic N) is 1. The third kappa shape index (κ3) is 8.44. The SMILES string of the molecule is C=C(C[C@@H](OC)[C@@H](C)[C@@H](C)CC)N1CCC[C@H]1[C@H](OC)[C@@H](C)C(=O)NC(CC1=CCCC=C1)C(=O)OC. The summed E-state index contributed by atoms with van der Waals surface area (Å²) in [5.74, 6) is -0.124. The zero-order chi connectivity index (χ0) is 27.5. The summed E-state index contributed by atoms with van der Waals surface area (Å²) in [6, 6.07) is -0.694. The molecule has 1 heterocycles. The summed E-state index contributed by atoms with van der Waals surface area (Å²) in [6.07, 6.45) is 12.1. The zero-order valence-corrected chi connectivity index (χ0v) is 24.1. The summed E-state index contributed by atoms with van der Waals surface area (Å²) in [4.78, 5) is 28.2. The average molecular weight is 519 g/mol. The van der Waals surface area contributed by atoms with E-state index in [1.165, 1.54) is 7.11 Å². The van der Waals surface area contributed by atoms with Crippen LogP contribution in [-0.2, 0) is 23.8 Å². The van der Waals surface area contributed by atoms with E-state index >= 15 is 0 Å². The van der Waals surface area contributed by atoms with Gasteiger partial charge in [-0.2, -0.15) is 0 Å². The van der Waals surface area contributed by atoms with Gasteiger partial charge in [0.2, 0.25) is 5.91 Å². The van der Waals surface area contributed by atoms with Crippen LogP contribution in [0, 0.1) is 17.8 Å². The molecule has 0 aromatic heterocycles. The van der Waals surface area contributed by atoms with Gasteiger partial charge in [0.05, 0.1) is 31.3 Å². The molecule has 2 rings (SSSR count). The first-order valence-corrected chi connectivity index (χ1v) is 13.9. The van der Waals surface area contributed by atoms with Crippen molar-refractivity contribution in [3.05, 3.63) is 36.1 Å². The topological polar surface area (TPSA) is 77.1 Å². The number of allylic oxidation sites excluding steroid dienone is 3. The molecule has 1 aliphatic heterocycles. The van der Waals surface area contributed by atoms with E-state index in [4.69, 9.17) is 14.2 Å². The zero-order valence-electron chi connectivity index (χ0n) is 24.1. The molecule has 1 aliphatic carbocycles. The van der Waals surface area contributed by atoms with Crippen molar-refractivity contribution in [3.63, 3.8) is 0 Å². The molecule has 7 atom stereocenters. The number of esters is 1. The minimum absolute atomic E-state index is 0.0372. The molecule has 0 bridgehead atoms. The Balaban J connectivity index is 2.10. The van der Waals surface area contributed by atoms with Crippen molar-refractivity contribution in [1.82, 2.24) is 10.2 Å². The molecule has 7 heteroatoms. The minimum Gasteiger partial charge on any atom is -0.467 e. The number of ether oxygens (including phenoxy) is 3. The molecule has 0 radical (unpaired) electrons. The van der Waals surface area contributed by atoms with Crippen LogP contribution in [0.1, 0.15) is 72.6 Å². The van der Waals surface area contributed by atoms with Crippen molar-refractivity contribution >= 4 is 11.9 Å². The van der Waals surface area contributed by atoms with E-state index < -0.39 is 17.9 Å². The molecule has 1 N–H and O–H groups in total. The lowest BCUT2D eigenvalue weighted by Crippen LogP contribution is -2.51. The minimum atomic E-state index is -0.731. The number of carbonyl (C=O) groups is 2. The highest BCUT2D eigenvalue weighted by atomic mass is 16.5. The van der Waals surface area contributed by atoms with Crippen LogP contribution in [0.15, 0.2) is 36.1 Å². The number of likely N-dealkylation sites (tertiary alicyclic amines) is 1. The molecule has 2 aliphatic rings. The number of methoxy groups -OCH3 is 3. The quantitative estimate of drug-likeness (QED) is 0.307. The predicted molar refractivity (Wildman–Crippen MR) is 148 cm³/mol. The Morgan fingerprint density at radius 2 is 1.89 bits per heavy atom. The normalized spacial score (nSPS) is 22.4. The maximum atomic E-state index is 13.4. The molecular weight excluding hydrogens is 468 g/mol. The third-order valence-electron chi connectivity index (χ3n) is 8.44. The summed E-state index contributed by atoms with van der Waals surface area (Å²) >= 11 is 0. The smallest absolute Gasteiger partial charge is 0.328 e. The van der Waals surface area contributed by atoms with Gasteiger partial charge in [-0.25, -0.2) is 4.79 Å². The number of carbonyl (C=O) groups excluding carboxylic acids is 2. The van der Waals surface area contributed by atoms with Gasteiger partial charge in [0.15, 0.2) is 0 Å². The highest BCUT2D eigenvalue weighted by Gasteiger charge is 2.39. The van der Waals surface area contributed by atoms with Gasteiger partial charge in [-0.1, -0.05) is 58.9 Å². The van der Waals surface area contributed by atoms with Crippen LogP contribution in [0.4, 0.5) is 0 Å². The van der Waals surface area contributed by atoms with Gasteiger partial charge in [0.25, 0.3) is 0 Å². The monoisotopic (exact) mass is 518 g/mol. The Labute approximate surface area is 224 Å². The molecule has 1 saturated heterocycles. The second-order valence-corrected chi connectivity index (χ2v) is 10.7. The molecule has 1 fully saturated rings. The van der Waals surface area contributed by atoms with E-state index in [0.717, 1.165) is 56.3 Å².